The third-order valence-corrected chi connectivity index (χ3v) is 1.65. The third kappa shape index (κ3) is 2.65. The van der Waals surface area contributed by atoms with Gasteiger partial charge in [0.25, 0.3) is 5.88 Å². The number of ether oxygens (including phenoxy) is 1. The SMILES string of the molecule is OCCCOc1nccc(CO)c1F. The first-order valence-electron chi connectivity index (χ1n) is 4.27. The van der Waals surface area contributed by atoms with Crippen LogP contribution in [0.25, 0.3) is 0 Å². The van der Waals surface area contributed by atoms with Crippen molar-refractivity contribution in [1.82, 2.24) is 4.98 Å². The summed E-state index contributed by atoms with van der Waals surface area (Å²) in [6.07, 6.45) is 1.79. The lowest BCUT2D eigenvalue weighted by atomic mass is 10.3. The van der Waals surface area contributed by atoms with Crippen LogP contribution in [0.15, 0.2) is 12.3 Å². The van der Waals surface area contributed by atoms with E-state index < -0.39 is 5.82 Å². The third-order valence-electron chi connectivity index (χ3n) is 1.65. The first-order chi connectivity index (χ1) is 6.79. The molecule has 0 aliphatic carbocycles. The van der Waals surface area contributed by atoms with E-state index in [-0.39, 0.29) is 31.3 Å². The molecule has 0 unspecified atom stereocenters. The number of aromatic nitrogens is 1. The molecule has 1 aromatic heterocycles. The summed E-state index contributed by atoms with van der Waals surface area (Å²) in [7, 11) is 0. The smallest absolute Gasteiger partial charge is 0.250 e. The highest BCUT2D eigenvalue weighted by atomic mass is 19.1. The normalized spacial score (nSPS) is 10.2. The molecule has 0 saturated carbocycles. The molecule has 0 saturated heterocycles. The van der Waals surface area contributed by atoms with Crippen molar-refractivity contribution in [2.75, 3.05) is 13.2 Å². The molecule has 1 rings (SSSR count). The molecule has 0 fully saturated rings. The zero-order valence-corrected chi connectivity index (χ0v) is 7.61. The summed E-state index contributed by atoms with van der Waals surface area (Å²) < 4.78 is 18.3. The van der Waals surface area contributed by atoms with Gasteiger partial charge in [-0.2, -0.15) is 0 Å². The summed E-state index contributed by atoms with van der Waals surface area (Å²) in [5.74, 6) is -0.780. The predicted molar refractivity (Wildman–Crippen MR) is 47.3 cm³/mol. The minimum atomic E-state index is -0.645. The van der Waals surface area contributed by atoms with Gasteiger partial charge in [-0.3, -0.25) is 0 Å². The Morgan fingerprint density at radius 1 is 1.43 bits per heavy atom. The minimum absolute atomic E-state index is 0.0126. The number of nitrogens with zero attached hydrogens (tertiary/aromatic N) is 1. The maximum atomic E-state index is 13.3. The molecule has 1 heterocycles. The zero-order chi connectivity index (χ0) is 10.4. The van der Waals surface area contributed by atoms with Gasteiger partial charge in [0.05, 0.1) is 13.2 Å². The lowest BCUT2D eigenvalue weighted by Gasteiger charge is -2.06. The van der Waals surface area contributed by atoms with Gasteiger partial charge in [0, 0.05) is 24.8 Å². The van der Waals surface area contributed by atoms with E-state index in [9.17, 15) is 4.39 Å². The summed E-state index contributed by atoms with van der Waals surface area (Å²) in [6, 6.07) is 1.38. The number of aliphatic hydroxyl groups excluding tert-OH is 2. The summed E-state index contributed by atoms with van der Waals surface area (Å²) in [6.45, 7) is -0.193. The maximum absolute atomic E-state index is 13.3. The van der Waals surface area contributed by atoms with Gasteiger partial charge in [0.2, 0.25) is 0 Å². The van der Waals surface area contributed by atoms with E-state index in [4.69, 9.17) is 14.9 Å². The van der Waals surface area contributed by atoms with Gasteiger partial charge >= 0.3 is 0 Å². The van der Waals surface area contributed by atoms with Crippen molar-refractivity contribution in [2.24, 2.45) is 0 Å². The molecule has 1 aromatic rings. The second-order valence-electron chi connectivity index (χ2n) is 2.67. The Kier molecular flexibility index (Phi) is 4.28. The van der Waals surface area contributed by atoms with E-state index in [0.717, 1.165) is 0 Å². The van der Waals surface area contributed by atoms with E-state index >= 15 is 0 Å². The summed E-state index contributed by atoms with van der Waals surface area (Å²) in [5.41, 5.74) is 0.152. The molecule has 0 aromatic carbocycles. The molecule has 0 aliphatic heterocycles. The molecule has 5 heteroatoms. The molecule has 0 atom stereocenters. The van der Waals surface area contributed by atoms with Gasteiger partial charge in [0.15, 0.2) is 5.82 Å². The van der Waals surface area contributed by atoms with Crippen LogP contribution in [0.1, 0.15) is 12.0 Å². The van der Waals surface area contributed by atoms with Gasteiger partial charge in [-0.25, -0.2) is 9.37 Å². The molecule has 0 aliphatic rings. The topological polar surface area (TPSA) is 62.6 Å². The van der Waals surface area contributed by atoms with Crippen molar-refractivity contribution >= 4 is 0 Å². The Morgan fingerprint density at radius 3 is 2.86 bits per heavy atom. The number of rotatable bonds is 5. The van der Waals surface area contributed by atoms with E-state index in [1.165, 1.54) is 12.3 Å². The van der Waals surface area contributed by atoms with Crippen molar-refractivity contribution in [3.05, 3.63) is 23.6 Å². The maximum Gasteiger partial charge on any atom is 0.250 e. The Labute approximate surface area is 81.0 Å². The van der Waals surface area contributed by atoms with Crippen LogP contribution >= 0.6 is 0 Å². The Balaban J connectivity index is 2.66. The average Bonchev–Trinajstić information content (AvgIpc) is 2.21. The summed E-state index contributed by atoms with van der Waals surface area (Å²) in [5, 5.41) is 17.2. The van der Waals surface area contributed by atoms with Crippen LogP contribution in [0, 0.1) is 5.82 Å². The largest absolute Gasteiger partial charge is 0.475 e. The number of hydrogen-bond donors (Lipinski definition) is 2. The van der Waals surface area contributed by atoms with E-state index in [1.807, 2.05) is 0 Å². The van der Waals surface area contributed by atoms with Gasteiger partial charge in [-0.15, -0.1) is 0 Å². The fraction of sp³-hybridized carbons (Fsp3) is 0.444. The first-order valence-corrected chi connectivity index (χ1v) is 4.27. The van der Waals surface area contributed by atoms with Crippen LogP contribution in [0.2, 0.25) is 0 Å². The highest BCUT2D eigenvalue weighted by molar-refractivity contribution is 5.22. The van der Waals surface area contributed by atoms with Crippen molar-refractivity contribution in [2.45, 2.75) is 13.0 Å². The predicted octanol–water partition coefficient (Wildman–Crippen LogP) is 0.474. The second-order valence-corrected chi connectivity index (χ2v) is 2.67. The monoisotopic (exact) mass is 201 g/mol. The highest BCUT2D eigenvalue weighted by Gasteiger charge is 2.09. The highest BCUT2D eigenvalue weighted by Crippen LogP contribution is 2.17. The molecule has 0 spiro atoms. The van der Waals surface area contributed by atoms with Crippen LogP contribution in [0.5, 0.6) is 5.88 Å². The van der Waals surface area contributed by atoms with Crippen LogP contribution < -0.4 is 4.74 Å². The summed E-state index contributed by atoms with van der Waals surface area (Å²) >= 11 is 0. The summed E-state index contributed by atoms with van der Waals surface area (Å²) in [4.78, 5) is 3.67. The second kappa shape index (κ2) is 5.51. The molecule has 4 nitrogen and oxygen atoms in total. The van der Waals surface area contributed by atoms with E-state index in [0.29, 0.717) is 6.42 Å². The van der Waals surface area contributed by atoms with Crippen molar-refractivity contribution in [3.63, 3.8) is 0 Å². The lowest BCUT2D eigenvalue weighted by molar-refractivity contribution is 0.220. The van der Waals surface area contributed by atoms with Gasteiger partial charge in [-0.1, -0.05) is 0 Å². The Hall–Kier alpha value is -1.20. The molecule has 0 amide bonds. The van der Waals surface area contributed by atoms with Crippen molar-refractivity contribution < 1.29 is 19.3 Å². The average molecular weight is 201 g/mol. The van der Waals surface area contributed by atoms with Crippen LogP contribution in [0.3, 0.4) is 0 Å². The molecule has 78 valence electrons. The van der Waals surface area contributed by atoms with Crippen molar-refractivity contribution in [1.29, 1.82) is 0 Å². The van der Waals surface area contributed by atoms with Crippen LogP contribution in [-0.2, 0) is 6.61 Å². The first kappa shape index (κ1) is 10.9. The fourth-order valence-electron chi connectivity index (χ4n) is 0.918. The van der Waals surface area contributed by atoms with E-state index in [1.54, 1.807) is 0 Å². The lowest BCUT2D eigenvalue weighted by Crippen LogP contribution is -2.04. The standard InChI is InChI=1S/C9H12FNO3/c10-8-7(6-13)2-3-11-9(8)14-5-1-4-12/h2-3,12-13H,1,4-6H2. The number of pyridine rings is 1. The molecular formula is C9H12FNO3. The van der Waals surface area contributed by atoms with Crippen molar-refractivity contribution in [3.8, 4) is 5.88 Å². The number of halogens is 1. The van der Waals surface area contributed by atoms with Gasteiger partial charge in [0.1, 0.15) is 0 Å². The quantitative estimate of drug-likeness (QED) is 0.680. The van der Waals surface area contributed by atoms with Gasteiger partial charge < -0.3 is 14.9 Å². The molecular weight excluding hydrogens is 189 g/mol. The fourth-order valence-corrected chi connectivity index (χ4v) is 0.918. The number of aliphatic hydroxyl groups is 2. The Bertz CT molecular complexity index is 293. The van der Waals surface area contributed by atoms with Crippen LogP contribution in [0.4, 0.5) is 4.39 Å². The molecule has 14 heavy (non-hydrogen) atoms. The van der Waals surface area contributed by atoms with Crippen LogP contribution in [-0.4, -0.2) is 28.4 Å². The molecule has 2 N–H and O–H groups in total. The van der Waals surface area contributed by atoms with Gasteiger partial charge in [-0.05, 0) is 6.07 Å². The molecule has 0 radical (unpaired) electrons. The minimum Gasteiger partial charge on any atom is -0.475 e. The zero-order valence-electron chi connectivity index (χ0n) is 7.61. The molecule has 0 bridgehead atoms. The number of hydrogen-bond acceptors (Lipinski definition) is 4. The Morgan fingerprint density at radius 2 is 2.21 bits per heavy atom. The van der Waals surface area contributed by atoms with E-state index in [2.05, 4.69) is 4.98 Å².